The maximum atomic E-state index is 13.9. The number of fused-ring (bicyclic) bond motifs is 2. The quantitative estimate of drug-likeness (QED) is 0.502. The summed E-state index contributed by atoms with van der Waals surface area (Å²) in [5, 5.41) is 3.07. The van der Waals surface area contributed by atoms with Crippen LogP contribution in [0.2, 0.25) is 0 Å². The summed E-state index contributed by atoms with van der Waals surface area (Å²) in [6, 6.07) is -3.04. The minimum Gasteiger partial charge on any atom is -0.443 e. The van der Waals surface area contributed by atoms with Crippen LogP contribution in [0.4, 0.5) is 9.59 Å². The predicted molar refractivity (Wildman–Crippen MR) is 145 cm³/mol. The maximum absolute atomic E-state index is 13.9. The van der Waals surface area contributed by atoms with Gasteiger partial charge in [0.2, 0.25) is 11.8 Å². The molecule has 0 aromatic carbocycles. The number of ether oxygens (including phenoxy) is 1. The number of allylic oxidation sites excluding steroid dienone is 1. The number of carbonyl (C=O) groups is 4. The Morgan fingerprint density at radius 3 is 2.39 bits per heavy atom. The van der Waals surface area contributed by atoms with Crippen molar-refractivity contribution >= 4 is 34.7 Å². The van der Waals surface area contributed by atoms with E-state index in [1.165, 1.54) is 4.90 Å². The van der Waals surface area contributed by atoms with Crippen molar-refractivity contribution in [2.24, 2.45) is 11.7 Å². The highest BCUT2D eigenvalue weighted by molar-refractivity contribution is 7.88. The topological polar surface area (TPSA) is 139 Å². The van der Waals surface area contributed by atoms with Gasteiger partial charge in [-0.15, -0.1) is 0 Å². The van der Waals surface area contributed by atoms with Crippen molar-refractivity contribution in [3.05, 3.63) is 12.2 Å². The van der Waals surface area contributed by atoms with Gasteiger partial charge in [-0.05, 0) is 80.1 Å². The first kappa shape index (κ1) is 30.1. The van der Waals surface area contributed by atoms with Crippen molar-refractivity contribution in [1.82, 2.24) is 15.1 Å². The Hall–Kier alpha value is -2.43. The molecule has 214 valence electrons. The van der Waals surface area contributed by atoms with Crippen LogP contribution in [0, 0.1) is 5.92 Å². The standard InChI is InChI=1S/C27H44N4O6S/c1-25(2,3)37-24(35)31(23(28)34)20-14-11-9-7-8-10-13-18-17-27(18,38(36)26(4,5)6)29-21(32)19-15-12-16-30(19)22(20)33/h10,13,18-20H,7-9,11-12,14-17H2,1-6H3,(H2,28,34)(H,29,32)/b13-10-/t18-,19+,20+,27-,38-/m1/s1. The summed E-state index contributed by atoms with van der Waals surface area (Å²) >= 11 is 0. The van der Waals surface area contributed by atoms with Gasteiger partial charge in [-0.1, -0.05) is 25.0 Å². The lowest BCUT2D eigenvalue weighted by Gasteiger charge is -2.35. The van der Waals surface area contributed by atoms with Crippen LogP contribution in [-0.2, 0) is 25.1 Å². The van der Waals surface area contributed by atoms with Gasteiger partial charge in [-0.25, -0.2) is 14.5 Å². The number of hydrogen-bond acceptors (Lipinski definition) is 6. The van der Waals surface area contributed by atoms with Gasteiger partial charge >= 0.3 is 12.1 Å². The van der Waals surface area contributed by atoms with Gasteiger partial charge in [0.25, 0.3) is 0 Å². The highest BCUT2D eigenvalue weighted by Gasteiger charge is 2.62. The first-order valence-corrected chi connectivity index (χ1v) is 14.8. The number of carbonyl (C=O) groups excluding carboxylic acids is 4. The summed E-state index contributed by atoms with van der Waals surface area (Å²) in [5.41, 5.74) is 4.71. The van der Waals surface area contributed by atoms with E-state index in [9.17, 15) is 23.4 Å². The molecule has 1 saturated carbocycles. The molecule has 2 heterocycles. The van der Waals surface area contributed by atoms with Crippen LogP contribution in [0.5, 0.6) is 0 Å². The average molecular weight is 553 g/mol. The predicted octanol–water partition coefficient (Wildman–Crippen LogP) is 3.56. The highest BCUT2D eigenvalue weighted by Crippen LogP contribution is 2.50. The summed E-state index contributed by atoms with van der Waals surface area (Å²) in [6.07, 6.45) is 7.98. The van der Waals surface area contributed by atoms with Crippen LogP contribution in [0.15, 0.2) is 12.2 Å². The third kappa shape index (κ3) is 6.76. The average Bonchev–Trinajstić information content (AvgIpc) is 3.23. The highest BCUT2D eigenvalue weighted by atomic mass is 32.2. The van der Waals surface area contributed by atoms with Crippen LogP contribution in [0.25, 0.3) is 0 Å². The first-order valence-electron chi connectivity index (χ1n) is 13.6. The number of urea groups is 1. The third-order valence-electron chi connectivity index (χ3n) is 7.16. The molecule has 1 aliphatic carbocycles. The van der Waals surface area contributed by atoms with Crippen molar-refractivity contribution in [3.63, 3.8) is 0 Å². The van der Waals surface area contributed by atoms with E-state index in [0.29, 0.717) is 37.1 Å². The lowest BCUT2D eigenvalue weighted by atomic mass is 10.0. The molecule has 0 bridgehead atoms. The summed E-state index contributed by atoms with van der Waals surface area (Å²) in [7, 11) is -1.36. The van der Waals surface area contributed by atoms with E-state index in [4.69, 9.17) is 10.5 Å². The Bertz CT molecular complexity index is 1000. The van der Waals surface area contributed by atoms with E-state index in [1.54, 1.807) is 20.8 Å². The second kappa shape index (κ2) is 11.4. The van der Waals surface area contributed by atoms with E-state index in [0.717, 1.165) is 19.3 Å². The Labute approximate surface area is 228 Å². The van der Waals surface area contributed by atoms with E-state index in [2.05, 4.69) is 17.5 Å². The number of rotatable bonds is 2. The van der Waals surface area contributed by atoms with Crippen LogP contribution in [0.3, 0.4) is 0 Å². The maximum Gasteiger partial charge on any atom is 0.419 e. The third-order valence-corrected chi connectivity index (χ3v) is 9.51. The van der Waals surface area contributed by atoms with Crippen molar-refractivity contribution in [2.45, 2.75) is 120 Å². The molecule has 2 fully saturated rings. The van der Waals surface area contributed by atoms with Gasteiger partial charge in [0.1, 0.15) is 22.6 Å². The van der Waals surface area contributed by atoms with Crippen molar-refractivity contribution < 1.29 is 28.1 Å². The van der Waals surface area contributed by atoms with E-state index < -0.39 is 56.1 Å². The molecule has 5 amide bonds. The molecule has 0 aromatic heterocycles. The van der Waals surface area contributed by atoms with Crippen molar-refractivity contribution in [2.75, 3.05) is 6.54 Å². The molecule has 0 radical (unpaired) electrons. The molecule has 5 atom stereocenters. The fourth-order valence-corrected chi connectivity index (χ4v) is 7.28. The number of amides is 5. The number of nitrogens with one attached hydrogen (secondary N) is 1. The van der Waals surface area contributed by atoms with E-state index >= 15 is 0 Å². The summed E-state index contributed by atoms with van der Waals surface area (Å²) in [4.78, 5) is 54.3. The second-order valence-electron chi connectivity index (χ2n) is 12.5. The van der Waals surface area contributed by atoms with Crippen LogP contribution >= 0.6 is 0 Å². The zero-order chi connectivity index (χ0) is 28.5. The molecule has 3 N–H and O–H groups in total. The Morgan fingerprint density at radius 2 is 1.79 bits per heavy atom. The molecule has 11 heteroatoms. The van der Waals surface area contributed by atoms with E-state index in [1.807, 2.05) is 20.8 Å². The molecule has 38 heavy (non-hydrogen) atoms. The number of imide groups is 1. The summed E-state index contributed by atoms with van der Waals surface area (Å²) in [5.74, 6) is -0.896. The van der Waals surface area contributed by atoms with Gasteiger partial charge < -0.3 is 20.7 Å². The zero-order valence-corrected chi connectivity index (χ0v) is 24.4. The smallest absolute Gasteiger partial charge is 0.419 e. The molecule has 0 unspecified atom stereocenters. The van der Waals surface area contributed by atoms with Gasteiger partial charge in [0, 0.05) is 17.2 Å². The molecular formula is C27H44N4O6S. The lowest BCUT2D eigenvalue weighted by Crippen LogP contribution is -2.59. The fraction of sp³-hybridized carbons (Fsp3) is 0.778. The van der Waals surface area contributed by atoms with Gasteiger partial charge in [-0.3, -0.25) is 13.8 Å². The van der Waals surface area contributed by atoms with Gasteiger partial charge in [0.15, 0.2) is 0 Å². The van der Waals surface area contributed by atoms with Gasteiger partial charge in [0.05, 0.1) is 10.8 Å². The van der Waals surface area contributed by atoms with Gasteiger partial charge in [-0.2, -0.15) is 0 Å². The van der Waals surface area contributed by atoms with Crippen molar-refractivity contribution in [3.8, 4) is 0 Å². The number of primary amides is 1. The first-order chi connectivity index (χ1) is 17.6. The number of hydrogen-bond donors (Lipinski definition) is 2. The second-order valence-corrected chi connectivity index (χ2v) is 15.0. The minimum absolute atomic E-state index is 0.0348. The van der Waals surface area contributed by atoms with Crippen LogP contribution in [0.1, 0.15) is 92.9 Å². The van der Waals surface area contributed by atoms with Crippen molar-refractivity contribution in [1.29, 1.82) is 0 Å². The normalized spacial score (nSPS) is 30.6. The Kier molecular flexibility index (Phi) is 9.00. The van der Waals surface area contributed by atoms with Crippen LogP contribution < -0.4 is 11.1 Å². The molecular weight excluding hydrogens is 508 g/mol. The number of nitrogens with zero attached hydrogens (tertiary/aromatic N) is 2. The molecule has 10 nitrogen and oxygen atoms in total. The molecule has 2 aliphatic heterocycles. The molecule has 1 saturated heterocycles. The molecule has 3 aliphatic rings. The zero-order valence-electron chi connectivity index (χ0n) is 23.6. The van der Waals surface area contributed by atoms with Crippen LogP contribution in [-0.4, -0.2) is 71.8 Å². The Balaban J connectivity index is 1.95. The fourth-order valence-electron chi connectivity index (χ4n) is 5.31. The molecule has 0 aromatic rings. The van der Waals surface area contributed by atoms with E-state index in [-0.39, 0.29) is 18.2 Å². The monoisotopic (exact) mass is 552 g/mol. The number of nitrogens with two attached hydrogens (primary N) is 1. The largest absolute Gasteiger partial charge is 0.443 e. The minimum atomic E-state index is -1.36. The summed E-state index contributed by atoms with van der Waals surface area (Å²) < 4.78 is 18.4. The SMILES string of the molecule is CC(C)(C)OC(=O)N(C(N)=O)[C@H]1CCCCC/C=C\[C@@H]2C[C@]2([S@](=O)C(C)(C)C)NC(=O)[C@@H]2CCCN2C1=O. The molecule has 3 rings (SSSR count). The molecule has 0 spiro atoms. The summed E-state index contributed by atoms with van der Waals surface area (Å²) in [6.45, 7) is 11.0. The Morgan fingerprint density at radius 1 is 1.11 bits per heavy atom. The lowest BCUT2D eigenvalue weighted by molar-refractivity contribution is -0.142.